The van der Waals surface area contributed by atoms with E-state index in [0.29, 0.717) is 19.8 Å². The molecule has 16 heavy (non-hydrogen) atoms. The van der Waals surface area contributed by atoms with E-state index in [1.54, 1.807) is 0 Å². The second kappa shape index (κ2) is 9.56. The van der Waals surface area contributed by atoms with Gasteiger partial charge in [0.2, 0.25) is 5.91 Å². The van der Waals surface area contributed by atoms with Crippen molar-refractivity contribution in [3.05, 3.63) is 0 Å². The second-order valence-electron chi connectivity index (χ2n) is 2.95. The Bertz CT molecular complexity index is 224. The molecule has 94 valence electrons. The molecule has 0 radical (unpaired) electrons. The maximum absolute atomic E-state index is 10.8. The van der Waals surface area contributed by atoms with Crippen molar-refractivity contribution in [2.75, 3.05) is 31.7 Å². The number of hydrogen-bond acceptors (Lipinski definition) is 4. The molecule has 0 aromatic rings. The number of alkyl halides is 1. The second-order valence-corrected chi connectivity index (χ2v) is 3.51. The summed E-state index contributed by atoms with van der Waals surface area (Å²) in [7, 11) is 0. The summed E-state index contributed by atoms with van der Waals surface area (Å²) < 4.78 is 10.0. The van der Waals surface area contributed by atoms with Crippen molar-refractivity contribution >= 4 is 27.8 Å². The first-order valence-electron chi connectivity index (χ1n) is 4.82. The van der Waals surface area contributed by atoms with E-state index >= 15 is 0 Å². The lowest BCUT2D eigenvalue weighted by Gasteiger charge is -2.08. The Morgan fingerprint density at radius 2 is 2.06 bits per heavy atom. The molecule has 0 aliphatic rings. The molecule has 7 heteroatoms. The molecule has 1 unspecified atom stereocenters. The highest BCUT2D eigenvalue weighted by Crippen LogP contribution is 1.90. The normalized spacial score (nSPS) is 12.1. The molecule has 0 aromatic heterocycles. The summed E-state index contributed by atoms with van der Waals surface area (Å²) in [4.78, 5) is 21.1. The quantitative estimate of drug-likeness (QED) is 0.462. The topological polar surface area (TPSA) is 84.9 Å². The molecule has 0 bridgehead atoms. The van der Waals surface area contributed by atoms with E-state index in [1.807, 2.05) is 0 Å². The number of amides is 1. The van der Waals surface area contributed by atoms with Gasteiger partial charge >= 0.3 is 5.97 Å². The maximum Gasteiger partial charge on any atom is 0.332 e. The highest BCUT2D eigenvalue weighted by molar-refractivity contribution is 9.09. The van der Waals surface area contributed by atoms with Crippen LogP contribution in [0.5, 0.6) is 0 Å². The van der Waals surface area contributed by atoms with Gasteiger partial charge in [0, 0.05) is 6.54 Å². The number of carboxylic acid groups (broad SMARTS) is 1. The van der Waals surface area contributed by atoms with Crippen LogP contribution in [0.25, 0.3) is 0 Å². The minimum absolute atomic E-state index is 0.0978. The number of carbonyl (C=O) groups excluding carboxylic acids is 1. The summed E-state index contributed by atoms with van der Waals surface area (Å²) in [5.41, 5.74) is 0. The average molecular weight is 298 g/mol. The zero-order chi connectivity index (χ0) is 12.4. The molecule has 0 saturated carbocycles. The van der Waals surface area contributed by atoms with Crippen molar-refractivity contribution in [3.8, 4) is 0 Å². The van der Waals surface area contributed by atoms with Crippen LogP contribution in [0.15, 0.2) is 0 Å². The Balaban J connectivity index is 3.22. The number of hydrogen-bond donors (Lipinski definition) is 2. The van der Waals surface area contributed by atoms with Crippen LogP contribution in [0.2, 0.25) is 0 Å². The third kappa shape index (κ3) is 8.63. The zero-order valence-corrected chi connectivity index (χ0v) is 10.7. The van der Waals surface area contributed by atoms with E-state index in [0.717, 1.165) is 0 Å². The lowest BCUT2D eigenvalue weighted by atomic mass is 10.4. The van der Waals surface area contributed by atoms with Crippen LogP contribution >= 0.6 is 15.9 Å². The van der Waals surface area contributed by atoms with Crippen LogP contribution in [-0.4, -0.2) is 54.8 Å². The van der Waals surface area contributed by atoms with Crippen LogP contribution in [-0.2, 0) is 19.1 Å². The van der Waals surface area contributed by atoms with Gasteiger partial charge in [-0.15, -0.1) is 0 Å². The number of ether oxygens (including phenoxy) is 2. The van der Waals surface area contributed by atoms with Crippen molar-refractivity contribution in [2.45, 2.75) is 13.0 Å². The fourth-order valence-corrected chi connectivity index (χ4v) is 0.965. The Morgan fingerprint density at radius 3 is 2.62 bits per heavy atom. The fraction of sp³-hybridized carbons (Fsp3) is 0.778. The molecule has 0 saturated heterocycles. The molecule has 0 rings (SSSR count). The van der Waals surface area contributed by atoms with Crippen LogP contribution in [0.4, 0.5) is 0 Å². The lowest BCUT2D eigenvalue weighted by molar-refractivity contribution is -0.150. The Kier molecular flexibility index (Phi) is 9.16. The summed E-state index contributed by atoms with van der Waals surface area (Å²) in [6.45, 7) is 2.79. The summed E-state index contributed by atoms with van der Waals surface area (Å²) in [6.07, 6.45) is -0.823. The van der Waals surface area contributed by atoms with Crippen LogP contribution in [0.3, 0.4) is 0 Å². The standard InChI is InChI=1S/C9H16BrNO5/c1-7(9(13)14)16-5-4-15-3-2-11-8(12)6-10/h7H,2-6H2,1H3,(H,11,12)(H,13,14). The fourth-order valence-electron chi connectivity index (χ4n) is 0.767. The monoisotopic (exact) mass is 297 g/mol. The minimum Gasteiger partial charge on any atom is -0.479 e. The number of halogens is 1. The van der Waals surface area contributed by atoms with Gasteiger partial charge < -0.3 is 19.9 Å². The van der Waals surface area contributed by atoms with E-state index in [-0.39, 0.29) is 17.8 Å². The van der Waals surface area contributed by atoms with Crippen molar-refractivity contribution in [1.82, 2.24) is 5.32 Å². The van der Waals surface area contributed by atoms with Gasteiger partial charge in [0.1, 0.15) is 0 Å². The lowest BCUT2D eigenvalue weighted by Crippen LogP contribution is -2.28. The molecule has 0 aliphatic carbocycles. The van der Waals surface area contributed by atoms with Crippen LogP contribution in [0, 0.1) is 0 Å². The van der Waals surface area contributed by atoms with Crippen molar-refractivity contribution < 1.29 is 24.2 Å². The van der Waals surface area contributed by atoms with Gasteiger partial charge in [-0.2, -0.15) is 0 Å². The third-order valence-electron chi connectivity index (χ3n) is 1.63. The first-order chi connectivity index (χ1) is 7.57. The van der Waals surface area contributed by atoms with Crippen molar-refractivity contribution in [2.24, 2.45) is 0 Å². The SMILES string of the molecule is CC(OCCOCCNC(=O)CBr)C(=O)O. The maximum atomic E-state index is 10.8. The van der Waals surface area contributed by atoms with Crippen LogP contribution in [0.1, 0.15) is 6.92 Å². The minimum atomic E-state index is -0.996. The van der Waals surface area contributed by atoms with E-state index in [9.17, 15) is 9.59 Å². The smallest absolute Gasteiger partial charge is 0.332 e. The zero-order valence-electron chi connectivity index (χ0n) is 9.07. The first kappa shape index (κ1) is 15.3. The predicted molar refractivity (Wildman–Crippen MR) is 60.7 cm³/mol. The molecule has 0 heterocycles. The molecule has 0 fully saturated rings. The molecular formula is C9H16BrNO5. The molecule has 1 atom stereocenters. The summed E-state index contributed by atoms with van der Waals surface area (Å²) in [5, 5.41) is 11.4. The Hall–Kier alpha value is -0.660. The largest absolute Gasteiger partial charge is 0.479 e. The molecule has 6 nitrogen and oxygen atoms in total. The number of nitrogens with one attached hydrogen (secondary N) is 1. The average Bonchev–Trinajstić information content (AvgIpc) is 2.26. The van der Waals surface area contributed by atoms with Gasteiger partial charge in [0.25, 0.3) is 0 Å². The molecule has 0 aliphatic heterocycles. The number of rotatable bonds is 9. The summed E-state index contributed by atoms with van der Waals surface area (Å²) in [5.74, 6) is -1.09. The van der Waals surface area contributed by atoms with Gasteiger partial charge in [-0.1, -0.05) is 15.9 Å². The van der Waals surface area contributed by atoms with Crippen LogP contribution < -0.4 is 5.32 Å². The Morgan fingerprint density at radius 1 is 1.38 bits per heavy atom. The van der Waals surface area contributed by atoms with Crippen molar-refractivity contribution in [3.63, 3.8) is 0 Å². The summed E-state index contributed by atoms with van der Waals surface area (Å²) >= 11 is 3.01. The third-order valence-corrected chi connectivity index (χ3v) is 2.14. The van der Waals surface area contributed by atoms with E-state index in [1.165, 1.54) is 6.92 Å². The van der Waals surface area contributed by atoms with E-state index in [2.05, 4.69) is 21.2 Å². The molecular weight excluding hydrogens is 282 g/mol. The number of carbonyl (C=O) groups is 2. The van der Waals surface area contributed by atoms with Gasteiger partial charge in [-0.25, -0.2) is 4.79 Å². The molecule has 0 spiro atoms. The van der Waals surface area contributed by atoms with E-state index < -0.39 is 12.1 Å². The van der Waals surface area contributed by atoms with Gasteiger partial charge in [-0.3, -0.25) is 4.79 Å². The number of aliphatic carboxylic acids is 1. The van der Waals surface area contributed by atoms with Gasteiger partial charge in [-0.05, 0) is 6.92 Å². The van der Waals surface area contributed by atoms with Crippen molar-refractivity contribution in [1.29, 1.82) is 0 Å². The van der Waals surface area contributed by atoms with Gasteiger partial charge in [0.05, 0.1) is 25.2 Å². The molecule has 2 N–H and O–H groups in total. The summed E-state index contributed by atoms with van der Waals surface area (Å²) in [6, 6.07) is 0. The Labute approximate surface area is 102 Å². The number of carboxylic acids is 1. The van der Waals surface area contributed by atoms with Gasteiger partial charge in [0.15, 0.2) is 6.10 Å². The van der Waals surface area contributed by atoms with E-state index in [4.69, 9.17) is 14.6 Å². The predicted octanol–water partition coefficient (Wildman–Crippen LogP) is 0.00380. The molecule has 0 aromatic carbocycles. The highest BCUT2D eigenvalue weighted by atomic mass is 79.9. The first-order valence-corrected chi connectivity index (χ1v) is 5.95. The molecule has 1 amide bonds. The highest BCUT2D eigenvalue weighted by Gasteiger charge is 2.09.